The maximum atomic E-state index is 14.2. The van der Waals surface area contributed by atoms with E-state index in [9.17, 15) is 26.7 Å². The summed E-state index contributed by atoms with van der Waals surface area (Å²) >= 11 is 0. The van der Waals surface area contributed by atoms with Gasteiger partial charge in [-0.25, -0.2) is 36.5 Å². The number of alkyl halides is 3. The third kappa shape index (κ3) is 5.14. The molecule has 1 aliphatic carbocycles. The van der Waals surface area contributed by atoms with Gasteiger partial charge in [-0.15, -0.1) is 0 Å². The van der Waals surface area contributed by atoms with Crippen molar-refractivity contribution in [3.63, 3.8) is 0 Å². The number of nitrogens with one attached hydrogen (secondary N) is 2. The van der Waals surface area contributed by atoms with Crippen LogP contribution < -0.4 is 10.6 Å². The summed E-state index contributed by atoms with van der Waals surface area (Å²) in [7, 11) is -3.42. The number of β-amino-alcohol motifs (C(OH)–C–C–N with tert-alkyl or cyclic N) is 1. The van der Waals surface area contributed by atoms with Crippen molar-refractivity contribution in [2.75, 3.05) is 30.0 Å². The summed E-state index contributed by atoms with van der Waals surface area (Å²) in [4.78, 5) is 12.8. The average molecular weight is 489 g/mol. The van der Waals surface area contributed by atoms with Crippen LogP contribution in [-0.2, 0) is 10.0 Å². The topological polar surface area (TPSA) is 120 Å². The highest BCUT2D eigenvalue weighted by Gasteiger charge is 2.44. The second-order valence-electron chi connectivity index (χ2n) is 8.72. The minimum absolute atomic E-state index is 0.0523. The fourth-order valence-corrected chi connectivity index (χ4v) is 5.10. The molecule has 33 heavy (non-hydrogen) atoms. The van der Waals surface area contributed by atoms with Gasteiger partial charge in [0.25, 0.3) is 5.92 Å². The quantitative estimate of drug-likeness (QED) is 0.567. The van der Waals surface area contributed by atoms with Crippen LogP contribution in [0.15, 0.2) is 12.3 Å². The van der Waals surface area contributed by atoms with Crippen molar-refractivity contribution in [2.45, 2.75) is 62.9 Å². The fourth-order valence-electron chi connectivity index (χ4n) is 4.24. The van der Waals surface area contributed by atoms with Crippen LogP contribution in [0.2, 0.25) is 0 Å². The van der Waals surface area contributed by atoms with Crippen molar-refractivity contribution < 1.29 is 26.7 Å². The van der Waals surface area contributed by atoms with Gasteiger partial charge in [-0.3, -0.25) is 0 Å². The minimum atomic E-state index is -3.42. The van der Waals surface area contributed by atoms with Crippen LogP contribution in [0, 0.1) is 0 Å². The van der Waals surface area contributed by atoms with E-state index in [2.05, 4.69) is 25.6 Å². The van der Waals surface area contributed by atoms with Gasteiger partial charge in [0.1, 0.15) is 11.7 Å². The standard InChI is InChI=1S/C20H27F3N6O3S/c1-11(21)14-8-12-9-24-19(26-13-5-7-29(10-15(13)30)33(2,31)32)28-17(12)18(25-14)27-16-4-3-6-20(16,22)23/h8-9,11,13,15-16,30H,3-7,10H2,1-2H3,(H,25,27)(H,24,26,28)/t11?,13-,15-,16?/m0/s1. The highest BCUT2D eigenvalue weighted by atomic mass is 32.2. The van der Waals surface area contributed by atoms with E-state index in [0.717, 1.165) is 6.26 Å². The van der Waals surface area contributed by atoms with Gasteiger partial charge in [-0.05, 0) is 32.3 Å². The van der Waals surface area contributed by atoms with E-state index < -0.39 is 40.3 Å². The third-order valence-corrected chi connectivity index (χ3v) is 7.41. The van der Waals surface area contributed by atoms with Gasteiger partial charge in [0.2, 0.25) is 16.0 Å². The number of piperidine rings is 1. The Morgan fingerprint density at radius 3 is 2.64 bits per heavy atom. The predicted octanol–water partition coefficient (Wildman–Crippen LogP) is 2.46. The van der Waals surface area contributed by atoms with E-state index in [4.69, 9.17) is 0 Å². The first-order valence-corrected chi connectivity index (χ1v) is 12.6. The van der Waals surface area contributed by atoms with Crippen LogP contribution in [0.1, 0.15) is 44.5 Å². The van der Waals surface area contributed by atoms with E-state index in [1.807, 2.05) is 0 Å². The number of pyridine rings is 1. The summed E-state index contributed by atoms with van der Waals surface area (Å²) < 4.78 is 67.1. The molecule has 0 spiro atoms. The summed E-state index contributed by atoms with van der Waals surface area (Å²) in [5.41, 5.74) is 0.335. The van der Waals surface area contributed by atoms with Crippen LogP contribution in [0.4, 0.5) is 24.9 Å². The van der Waals surface area contributed by atoms with E-state index in [0.29, 0.717) is 18.2 Å². The maximum Gasteiger partial charge on any atom is 0.267 e. The first-order valence-electron chi connectivity index (χ1n) is 10.8. The summed E-state index contributed by atoms with van der Waals surface area (Å²) in [5.74, 6) is -2.73. The lowest BCUT2D eigenvalue weighted by molar-refractivity contribution is -0.000660. The number of nitrogens with zero attached hydrogens (tertiary/aromatic N) is 4. The van der Waals surface area contributed by atoms with Crippen LogP contribution in [0.5, 0.6) is 0 Å². The van der Waals surface area contributed by atoms with Crippen LogP contribution in [-0.4, -0.2) is 76.2 Å². The second-order valence-corrected chi connectivity index (χ2v) is 10.7. The van der Waals surface area contributed by atoms with Crippen molar-refractivity contribution in [2.24, 2.45) is 0 Å². The lowest BCUT2D eigenvalue weighted by Gasteiger charge is -2.34. The van der Waals surface area contributed by atoms with Gasteiger partial charge < -0.3 is 15.7 Å². The highest BCUT2D eigenvalue weighted by molar-refractivity contribution is 7.88. The normalized spacial score (nSPS) is 26.9. The van der Waals surface area contributed by atoms with Crippen molar-refractivity contribution in [1.29, 1.82) is 0 Å². The van der Waals surface area contributed by atoms with Crippen LogP contribution in [0.3, 0.4) is 0 Å². The zero-order chi connectivity index (χ0) is 24.0. The number of sulfonamides is 1. The summed E-state index contributed by atoms with van der Waals surface area (Å²) in [6.45, 7) is 1.47. The summed E-state index contributed by atoms with van der Waals surface area (Å²) in [6.07, 6.45) is 0.845. The average Bonchev–Trinajstić information content (AvgIpc) is 3.06. The van der Waals surface area contributed by atoms with Crippen molar-refractivity contribution in [3.8, 4) is 0 Å². The number of hydrogen-bond donors (Lipinski definition) is 3. The van der Waals surface area contributed by atoms with Crippen molar-refractivity contribution >= 4 is 32.7 Å². The molecule has 4 rings (SSSR count). The molecular formula is C20H27F3N6O3S. The highest BCUT2D eigenvalue weighted by Crippen LogP contribution is 2.38. The van der Waals surface area contributed by atoms with Crippen molar-refractivity contribution in [3.05, 3.63) is 18.0 Å². The number of rotatable bonds is 6. The van der Waals surface area contributed by atoms with E-state index in [-0.39, 0.29) is 48.9 Å². The minimum Gasteiger partial charge on any atom is -0.390 e. The Bertz CT molecular complexity index is 1130. The summed E-state index contributed by atoms with van der Waals surface area (Å²) in [6, 6.07) is -0.165. The Kier molecular flexibility index (Phi) is 6.40. The van der Waals surface area contributed by atoms with Gasteiger partial charge in [-0.1, -0.05) is 0 Å². The Balaban J connectivity index is 1.61. The van der Waals surface area contributed by atoms with Gasteiger partial charge in [0.05, 0.1) is 30.1 Å². The molecule has 9 nitrogen and oxygen atoms in total. The Morgan fingerprint density at radius 1 is 1.27 bits per heavy atom. The number of halogens is 3. The zero-order valence-electron chi connectivity index (χ0n) is 18.3. The molecule has 0 amide bonds. The molecule has 0 bridgehead atoms. The van der Waals surface area contributed by atoms with E-state index >= 15 is 0 Å². The molecule has 3 N–H and O–H groups in total. The number of aliphatic hydroxyl groups excluding tert-OH is 1. The smallest absolute Gasteiger partial charge is 0.267 e. The monoisotopic (exact) mass is 488 g/mol. The van der Waals surface area contributed by atoms with E-state index in [1.165, 1.54) is 23.5 Å². The molecule has 13 heteroatoms. The Hall–Kier alpha value is -2.25. The van der Waals surface area contributed by atoms with E-state index in [1.54, 1.807) is 0 Å². The molecule has 0 radical (unpaired) electrons. The first kappa shape index (κ1) is 23.9. The molecule has 1 aliphatic heterocycles. The fraction of sp³-hybridized carbons (Fsp3) is 0.650. The van der Waals surface area contributed by atoms with Crippen LogP contribution >= 0.6 is 0 Å². The lowest BCUT2D eigenvalue weighted by Crippen LogP contribution is -2.51. The molecule has 2 aliphatic rings. The Morgan fingerprint density at radius 2 is 2.03 bits per heavy atom. The molecule has 0 aromatic carbocycles. The summed E-state index contributed by atoms with van der Waals surface area (Å²) in [5, 5.41) is 16.6. The Labute approximate surface area is 189 Å². The first-order chi connectivity index (χ1) is 15.4. The molecular weight excluding hydrogens is 461 g/mol. The molecule has 2 aromatic heterocycles. The number of aliphatic hydroxyl groups is 1. The number of fused-ring (bicyclic) bond motifs is 1. The van der Waals surface area contributed by atoms with Crippen molar-refractivity contribution in [1.82, 2.24) is 19.3 Å². The van der Waals surface area contributed by atoms with Crippen LogP contribution in [0.25, 0.3) is 10.9 Å². The number of hydrogen-bond acceptors (Lipinski definition) is 8. The largest absolute Gasteiger partial charge is 0.390 e. The second kappa shape index (κ2) is 8.84. The lowest BCUT2D eigenvalue weighted by atomic mass is 10.0. The zero-order valence-corrected chi connectivity index (χ0v) is 19.1. The third-order valence-electron chi connectivity index (χ3n) is 6.15. The molecule has 182 valence electrons. The molecule has 4 atom stereocenters. The molecule has 2 unspecified atom stereocenters. The number of aromatic nitrogens is 3. The molecule has 2 fully saturated rings. The molecule has 2 aromatic rings. The van der Waals surface area contributed by atoms with Gasteiger partial charge in [0.15, 0.2) is 5.82 Å². The SMILES string of the molecule is CC(F)c1cc2cnc(N[C@H]3CCN(S(C)(=O)=O)C[C@@H]3O)nc2c(NC2CCCC2(F)F)n1. The van der Waals surface area contributed by atoms with Gasteiger partial charge in [0, 0.05) is 31.1 Å². The van der Waals surface area contributed by atoms with Gasteiger partial charge in [-0.2, -0.15) is 4.31 Å². The predicted molar refractivity (Wildman–Crippen MR) is 118 cm³/mol. The van der Waals surface area contributed by atoms with Gasteiger partial charge >= 0.3 is 0 Å². The molecule has 3 heterocycles. The molecule has 1 saturated carbocycles. The molecule has 1 saturated heterocycles. The maximum absolute atomic E-state index is 14.2. The number of anilines is 2.